The van der Waals surface area contributed by atoms with Crippen molar-refractivity contribution in [3.8, 4) is 0 Å². The van der Waals surface area contributed by atoms with Gasteiger partial charge >= 0.3 is 0 Å². The number of likely N-dealkylation sites (tertiary alicyclic amines) is 1. The first-order chi connectivity index (χ1) is 15.1. The smallest absolute Gasteiger partial charge is 0.273 e. The summed E-state index contributed by atoms with van der Waals surface area (Å²) in [5.74, 6) is 0.395. The third kappa shape index (κ3) is 3.11. The molecule has 4 heterocycles. The van der Waals surface area contributed by atoms with Crippen LogP contribution in [0.2, 0.25) is 0 Å². The first-order valence-electron chi connectivity index (χ1n) is 10.4. The van der Waals surface area contributed by atoms with Gasteiger partial charge in [0, 0.05) is 12.7 Å². The molecule has 3 aromatic heterocycles. The molecular formula is C23H23N5O3. The van der Waals surface area contributed by atoms with Gasteiger partial charge in [-0.25, -0.2) is 9.97 Å². The van der Waals surface area contributed by atoms with Crippen LogP contribution in [0.4, 0.5) is 0 Å². The van der Waals surface area contributed by atoms with E-state index in [-0.39, 0.29) is 30.7 Å². The molecule has 1 aliphatic heterocycles. The van der Waals surface area contributed by atoms with E-state index in [4.69, 9.17) is 4.98 Å². The first-order valence-corrected chi connectivity index (χ1v) is 10.4. The Morgan fingerprint density at radius 2 is 1.97 bits per heavy atom. The van der Waals surface area contributed by atoms with Gasteiger partial charge in [0.15, 0.2) is 0 Å². The van der Waals surface area contributed by atoms with Crippen LogP contribution in [0.5, 0.6) is 0 Å². The lowest BCUT2D eigenvalue weighted by molar-refractivity contribution is 0.0718. The molecule has 8 heteroatoms. The van der Waals surface area contributed by atoms with Gasteiger partial charge in [0.2, 0.25) is 0 Å². The lowest BCUT2D eigenvalue weighted by atomic mass is 10.1. The number of imidazole rings is 1. The zero-order chi connectivity index (χ0) is 21.5. The first kappa shape index (κ1) is 19.4. The minimum absolute atomic E-state index is 0.128. The normalized spacial score (nSPS) is 16.5. The molecule has 158 valence electrons. The molecule has 1 saturated heterocycles. The Labute approximate surface area is 178 Å². The van der Waals surface area contributed by atoms with Crippen LogP contribution in [0.15, 0.2) is 53.5 Å². The third-order valence-electron chi connectivity index (χ3n) is 5.93. The molecule has 1 fully saturated rings. The van der Waals surface area contributed by atoms with E-state index in [1.165, 1.54) is 4.57 Å². The molecule has 0 aliphatic carbocycles. The van der Waals surface area contributed by atoms with Crippen molar-refractivity contribution < 1.29 is 9.90 Å². The largest absolute Gasteiger partial charge is 0.395 e. The van der Waals surface area contributed by atoms with Crippen LogP contribution < -0.4 is 5.56 Å². The number of para-hydroxylation sites is 1. The number of amides is 1. The van der Waals surface area contributed by atoms with E-state index in [0.717, 1.165) is 12.1 Å². The molecule has 1 N–H and O–H groups in total. The second-order valence-electron chi connectivity index (χ2n) is 7.80. The fourth-order valence-electron chi connectivity index (χ4n) is 4.54. The summed E-state index contributed by atoms with van der Waals surface area (Å²) in [6.45, 7) is 2.37. The standard InChI is InChI=1S/C23H23N5O3/c1-15-20(27-11-5-4-10-19(27)24-15)23(31)26-12-6-9-18(26)21-25-17-8-3-2-7-16(17)22(30)28(21)13-14-29/h2-5,7-8,10-11,18,29H,6,9,12-14H2,1H3. The number of carbonyl (C=O) groups is 1. The van der Waals surface area contributed by atoms with Gasteiger partial charge in [-0.2, -0.15) is 0 Å². The highest BCUT2D eigenvalue weighted by Gasteiger charge is 2.35. The minimum Gasteiger partial charge on any atom is -0.395 e. The van der Waals surface area contributed by atoms with E-state index in [0.29, 0.717) is 41.1 Å². The molecule has 1 aliphatic rings. The highest BCUT2D eigenvalue weighted by Crippen LogP contribution is 2.33. The Kier molecular flexibility index (Phi) is 4.78. The monoisotopic (exact) mass is 417 g/mol. The van der Waals surface area contributed by atoms with E-state index in [1.807, 2.05) is 41.8 Å². The number of aromatic nitrogens is 4. The second-order valence-corrected chi connectivity index (χ2v) is 7.80. The average molecular weight is 417 g/mol. The Balaban J connectivity index is 1.63. The molecule has 1 unspecified atom stereocenters. The molecule has 0 spiro atoms. The Morgan fingerprint density at radius 1 is 1.16 bits per heavy atom. The quantitative estimate of drug-likeness (QED) is 0.550. The van der Waals surface area contributed by atoms with E-state index >= 15 is 0 Å². The number of hydrogen-bond acceptors (Lipinski definition) is 5. The van der Waals surface area contributed by atoms with Crippen molar-refractivity contribution in [3.63, 3.8) is 0 Å². The number of aliphatic hydroxyl groups is 1. The van der Waals surface area contributed by atoms with Gasteiger partial charge in [-0.05, 0) is 44.0 Å². The summed E-state index contributed by atoms with van der Waals surface area (Å²) in [5, 5.41) is 10.1. The van der Waals surface area contributed by atoms with Gasteiger partial charge in [0.25, 0.3) is 11.5 Å². The van der Waals surface area contributed by atoms with E-state index in [1.54, 1.807) is 23.1 Å². The Hall–Kier alpha value is -3.52. The molecule has 0 saturated carbocycles. The van der Waals surface area contributed by atoms with Crippen LogP contribution in [0.1, 0.15) is 40.9 Å². The van der Waals surface area contributed by atoms with Crippen molar-refractivity contribution in [1.29, 1.82) is 0 Å². The van der Waals surface area contributed by atoms with Crippen molar-refractivity contribution in [2.75, 3.05) is 13.2 Å². The zero-order valence-electron chi connectivity index (χ0n) is 17.2. The minimum atomic E-state index is -0.343. The van der Waals surface area contributed by atoms with Crippen LogP contribution in [0.25, 0.3) is 16.6 Å². The zero-order valence-corrected chi connectivity index (χ0v) is 17.2. The maximum Gasteiger partial charge on any atom is 0.273 e. The lowest BCUT2D eigenvalue weighted by Gasteiger charge is -2.26. The molecule has 4 aromatic rings. The maximum atomic E-state index is 13.6. The van der Waals surface area contributed by atoms with E-state index < -0.39 is 0 Å². The second kappa shape index (κ2) is 7.63. The summed E-state index contributed by atoms with van der Waals surface area (Å²) in [6, 6.07) is 12.5. The molecule has 1 amide bonds. The highest BCUT2D eigenvalue weighted by atomic mass is 16.3. The summed E-state index contributed by atoms with van der Waals surface area (Å²) < 4.78 is 3.32. The summed E-state index contributed by atoms with van der Waals surface area (Å²) in [6.07, 6.45) is 3.36. The van der Waals surface area contributed by atoms with Gasteiger partial charge in [-0.1, -0.05) is 18.2 Å². The number of benzene rings is 1. The molecule has 1 aromatic carbocycles. The fraction of sp³-hybridized carbons (Fsp3) is 0.304. The predicted molar refractivity (Wildman–Crippen MR) is 116 cm³/mol. The van der Waals surface area contributed by atoms with Crippen LogP contribution >= 0.6 is 0 Å². The van der Waals surface area contributed by atoms with E-state index in [2.05, 4.69) is 4.98 Å². The maximum absolute atomic E-state index is 13.6. The van der Waals surface area contributed by atoms with Crippen LogP contribution in [-0.2, 0) is 6.54 Å². The van der Waals surface area contributed by atoms with Crippen LogP contribution in [0, 0.1) is 6.92 Å². The van der Waals surface area contributed by atoms with Crippen LogP contribution in [-0.4, -0.2) is 48.0 Å². The third-order valence-corrected chi connectivity index (χ3v) is 5.93. The van der Waals surface area contributed by atoms with Crippen LogP contribution in [0.3, 0.4) is 0 Å². The van der Waals surface area contributed by atoms with Gasteiger partial charge < -0.3 is 10.0 Å². The molecule has 8 nitrogen and oxygen atoms in total. The van der Waals surface area contributed by atoms with Crippen molar-refractivity contribution in [3.05, 3.63) is 76.2 Å². The average Bonchev–Trinajstić information content (AvgIpc) is 3.39. The van der Waals surface area contributed by atoms with Gasteiger partial charge in [-0.15, -0.1) is 0 Å². The molecule has 31 heavy (non-hydrogen) atoms. The summed E-state index contributed by atoms with van der Waals surface area (Å²) in [5.41, 5.74) is 2.32. The molecule has 0 bridgehead atoms. The molecule has 1 atom stereocenters. The number of fused-ring (bicyclic) bond motifs is 2. The number of aryl methyl sites for hydroxylation is 1. The summed E-state index contributed by atoms with van der Waals surface area (Å²) in [4.78, 5) is 37.8. The molecule has 0 radical (unpaired) electrons. The number of hydrogen-bond donors (Lipinski definition) is 1. The van der Waals surface area contributed by atoms with Gasteiger partial charge in [-0.3, -0.25) is 18.6 Å². The van der Waals surface area contributed by atoms with Gasteiger partial charge in [0.1, 0.15) is 17.2 Å². The van der Waals surface area contributed by atoms with Crippen molar-refractivity contribution in [1.82, 2.24) is 23.8 Å². The van der Waals surface area contributed by atoms with E-state index in [9.17, 15) is 14.7 Å². The molecular weight excluding hydrogens is 394 g/mol. The SMILES string of the molecule is Cc1nc2ccccn2c1C(=O)N1CCCC1c1nc2ccccc2c(=O)n1CCO. The van der Waals surface area contributed by atoms with Crippen molar-refractivity contribution >= 4 is 22.5 Å². The summed E-state index contributed by atoms with van der Waals surface area (Å²) in [7, 11) is 0. The van der Waals surface area contributed by atoms with Crippen molar-refractivity contribution in [2.45, 2.75) is 32.4 Å². The number of rotatable bonds is 4. The Bertz CT molecular complexity index is 1360. The van der Waals surface area contributed by atoms with Gasteiger partial charge in [0.05, 0.1) is 35.8 Å². The lowest BCUT2D eigenvalue weighted by Crippen LogP contribution is -2.36. The predicted octanol–water partition coefficient (Wildman–Crippen LogP) is 2.32. The molecule has 5 rings (SSSR count). The van der Waals surface area contributed by atoms with Crippen molar-refractivity contribution in [2.24, 2.45) is 0 Å². The number of nitrogens with zero attached hydrogens (tertiary/aromatic N) is 5. The summed E-state index contributed by atoms with van der Waals surface area (Å²) >= 11 is 0. The topological polar surface area (TPSA) is 92.7 Å². The highest BCUT2D eigenvalue weighted by molar-refractivity contribution is 5.95. The Morgan fingerprint density at radius 3 is 2.81 bits per heavy atom. The number of carbonyl (C=O) groups excluding carboxylic acids is 1. The number of pyridine rings is 1. The number of aliphatic hydroxyl groups excluding tert-OH is 1. The fourth-order valence-corrected chi connectivity index (χ4v) is 4.54.